The van der Waals surface area contributed by atoms with Gasteiger partial charge in [-0.3, -0.25) is 4.98 Å². The van der Waals surface area contributed by atoms with Crippen molar-refractivity contribution in [2.24, 2.45) is 0 Å². The lowest BCUT2D eigenvalue weighted by molar-refractivity contribution is 0.520. The van der Waals surface area contributed by atoms with Gasteiger partial charge in [0.1, 0.15) is 0 Å². The van der Waals surface area contributed by atoms with Gasteiger partial charge >= 0.3 is 0 Å². The number of halogens is 1. The van der Waals surface area contributed by atoms with Crippen LogP contribution in [0.25, 0.3) is 0 Å². The number of unbranched alkanes of at least 4 members (excludes halogenated alkanes) is 1. The van der Waals surface area contributed by atoms with Gasteiger partial charge in [-0.15, -0.1) is 12.3 Å². The first-order valence-corrected chi connectivity index (χ1v) is 5.38. The Labute approximate surface area is 96.1 Å². The third kappa shape index (κ3) is 3.54. The molecule has 0 aliphatic carbocycles. The summed E-state index contributed by atoms with van der Waals surface area (Å²) in [6.07, 6.45) is 9.70. The van der Waals surface area contributed by atoms with Gasteiger partial charge in [0.25, 0.3) is 0 Å². The van der Waals surface area contributed by atoms with Crippen LogP contribution in [0.5, 0.6) is 0 Å². The van der Waals surface area contributed by atoms with E-state index in [1.54, 1.807) is 6.20 Å². The summed E-state index contributed by atoms with van der Waals surface area (Å²) in [4.78, 5) is 4.28. The van der Waals surface area contributed by atoms with Crippen LogP contribution < -0.4 is 5.32 Å². The summed E-state index contributed by atoms with van der Waals surface area (Å²) in [5.41, 5.74) is 0.902. The lowest BCUT2D eigenvalue weighted by Crippen LogP contribution is -2.17. The quantitative estimate of drug-likeness (QED) is 0.612. The number of hydrogen-bond donors (Lipinski definition) is 1. The molecule has 1 unspecified atom stereocenters. The van der Waals surface area contributed by atoms with Crippen molar-refractivity contribution < 1.29 is 0 Å². The standard InChI is InChI=1S/C12H15ClN2/c1-3-4-5-8-11(14-2)12-10(13)7-6-9-15-12/h1,6-7,9,11,14H,4-5,8H2,2H3. The minimum Gasteiger partial charge on any atom is -0.312 e. The molecule has 0 fully saturated rings. The van der Waals surface area contributed by atoms with Crippen LogP contribution in [0.2, 0.25) is 5.02 Å². The fourth-order valence-electron chi connectivity index (χ4n) is 1.48. The molecule has 0 saturated heterocycles. The minimum absolute atomic E-state index is 0.187. The highest BCUT2D eigenvalue weighted by Crippen LogP contribution is 2.23. The third-order valence-corrected chi connectivity index (χ3v) is 2.60. The van der Waals surface area contributed by atoms with Crippen LogP contribution in [-0.2, 0) is 0 Å². The average molecular weight is 223 g/mol. The molecule has 1 N–H and O–H groups in total. The predicted octanol–water partition coefficient (Wildman–Crippen LogP) is 2.80. The molecule has 0 amide bonds. The Morgan fingerprint density at radius 3 is 3.07 bits per heavy atom. The molecule has 3 heteroatoms. The Balaban J connectivity index is 2.66. The van der Waals surface area contributed by atoms with E-state index in [0.29, 0.717) is 5.02 Å². The Hall–Kier alpha value is -1.04. The summed E-state index contributed by atoms with van der Waals surface area (Å²) in [7, 11) is 1.91. The smallest absolute Gasteiger partial charge is 0.0758 e. The SMILES string of the molecule is C#CCCCC(NC)c1ncccc1Cl. The first-order chi connectivity index (χ1) is 7.29. The van der Waals surface area contributed by atoms with Crippen molar-refractivity contribution >= 4 is 11.6 Å². The summed E-state index contributed by atoms with van der Waals surface area (Å²) in [5.74, 6) is 2.63. The summed E-state index contributed by atoms with van der Waals surface area (Å²) >= 11 is 6.07. The monoisotopic (exact) mass is 222 g/mol. The van der Waals surface area contributed by atoms with Gasteiger partial charge in [0.15, 0.2) is 0 Å². The third-order valence-electron chi connectivity index (χ3n) is 2.28. The second-order valence-corrected chi connectivity index (χ2v) is 3.72. The van der Waals surface area contributed by atoms with Crippen molar-refractivity contribution in [1.82, 2.24) is 10.3 Å². The van der Waals surface area contributed by atoms with Crippen LogP contribution in [0.4, 0.5) is 0 Å². The van der Waals surface area contributed by atoms with Gasteiger partial charge < -0.3 is 5.32 Å². The van der Waals surface area contributed by atoms with E-state index in [1.165, 1.54) is 0 Å². The molecule has 1 atom stereocenters. The number of terminal acetylenes is 1. The first-order valence-electron chi connectivity index (χ1n) is 5.00. The number of aromatic nitrogens is 1. The molecule has 80 valence electrons. The van der Waals surface area contributed by atoms with Crippen molar-refractivity contribution in [2.75, 3.05) is 7.05 Å². The van der Waals surface area contributed by atoms with Crippen LogP contribution in [0, 0.1) is 12.3 Å². The van der Waals surface area contributed by atoms with E-state index in [9.17, 15) is 0 Å². The van der Waals surface area contributed by atoms with Crippen molar-refractivity contribution in [3.8, 4) is 12.3 Å². The molecule has 0 aliphatic heterocycles. The van der Waals surface area contributed by atoms with Crippen LogP contribution >= 0.6 is 11.6 Å². The summed E-state index contributed by atoms with van der Waals surface area (Å²) in [6.45, 7) is 0. The number of nitrogens with one attached hydrogen (secondary N) is 1. The van der Waals surface area contributed by atoms with Crippen LogP contribution in [0.3, 0.4) is 0 Å². The number of rotatable bonds is 5. The summed E-state index contributed by atoms with van der Waals surface area (Å²) in [6, 6.07) is 3.88. The fourth-order valence-corrected chi connectivity index (χ4v) is 1.73. The molecule has 1 heterocycles. The average Bonchev–Trinajstić information content (AvgIpc) is 2.26. The molecule has 1 aromatic heterocycles. The van der Waals surface area contributed by atoms with Crippen LogP contribution in [0.15, 0.2) is 18.3 Å². The molecule has 15 heavy (non-hydrogen) atoms. The molecule has 1 rings (SSSR count). The normalized spacial score (nSPS) is 12.1. The van der Waals surface area contributed by atoms with Gasteiger partial charge in [0, 0.05) is 12.6 Å². The maximum atomic E-state index is 6.07. The molecular formula is C12H15ClN2. The maximum absolute atomic E-state index is 6.07. The lowest BCUT2D eigenvalue weighted by Gasteiger charge is -2.15. The molecule has 0 radical (unpaired) electrons. The second-order valence-electron chi connectivity index (χ2n) is 3.31. The van der Waals surface area contributed by atoms with Crippen molar-refractivity contribution in [3.05, 3.63) is 29.0 Å². The van der Waals surface area contributed by atoms with E-state index in [1.807, 2.05) is 19.2 Å². The topological polar surface area (TPSA) is 24.9 Å². The molecule has 0 spiro atoms. The number of nitrogens with zero attached hydrogens (tertiary/aromatic N) is 1. The molecule has 0 aromatic carbocycles. The Morgan fingerprint density at radius 1 is 1.67 bits per heavy atom. The fraction of sp³-hybridized carbons (Fsp3) is 0.417. The Morgan fingerprint density at radius 2 is 2.47 bits per heavy atom. The maximum Gasteiger partial charge on any atom is 0.0758 e. The lowest BCUT2D eigenvalue weighted by atomic mass is 10.1. The van der Waals surface area contributed by atoms with Gasteiger partial charge in [-0.1, -0.05) is 11.6 Å². The number of pyridine rings is 1. The molecule has 0 saturated carbocycles. The highest BCUT2D eigenvalue weighted by atomic mass is 35.5. The van der Waals surface area contributed by atoms with Crippen molar-refractivity contribution in [3.63, 3.8) is 0 Å². The van der Waals surface area contributed by atoms with Crippen molar-refractivity contribution in [1.29, 1.82) is 0 Å². The van der Waals surface area contributed by atoms with E-state index < -0.39 is 0 Å². The van der Waals surface area contributed by atoms with Crippen LogP contribution in [0.1, 0.15) is 31.0 Å². The minimum atomic E-state index is 0.187. The number of hydrogen-bond acceptors (Lipinski definition) is 2. The molecule has 1 aromatic rings. The highest BCUT2D eigenvalue weighted by molar-refractivity contribution is 6.31. The molecule has 0 bridgehead atoms. The highest BCUT2D eigenvalue weighted by Gasteiger charge is 2.12. The molecular weight excluding hydrogens is 208 g/mol. The zero-order valence-electron chi connectivity index (χ0n) is 8.83. The van der Waals surface area contributed by atoms with Gasteiger partial charge in [-0.25, -0.2) is 0 Å². The van der Waals surface area contributed by atoms with Gasteiger partial charge in [0.2, 0.25) is 0 Å². The molecule has 2 nitrogen and oxygen atoms in total. The van der Waals surface area contributed by atoms with Gasteiger partial charge in [0.05, 0.1) is 16.8 Å². The zero-order chi connectivity index (χ0) is 11.1. The van der Waals surface area contributed by atoms with E-state index in [-0.39, 0.29) is 6.04 Å². The predicted molar refractivity (Wildman–Crippen MR) is 63.7 cm³/mol. The largest absolute Gasteiger partial charge is 0.312 e. The zero-order valence-corrected chi connectivity index (χ0v) is 9.59. The Bertz CT molecular complexity index is 344. The summed E-state index contributed by atoms with van der Waals surface area (Å²) < 4.78 is 0. The van der Waals surface area contributed by atoms with E-state index in [4.69, 9.17) is 18.0 Å². The first kappa shape index (κ1) is 12.0. The van der Waals surface area contributed by atoms with Crippen molar-refractivity contribution in [2.45, 2.75) is 25.3 Å². The van der Waals surface area contributed by atoms with Gasteiger partial charge in [-0.05, 0) is 32.0 Å². The van der Waals surface area contributed by atoms with Crippen LogP contribution in [-0.4, -0.2) is 12.0 Å². The summed E-state index contributed by atoms with van der Waals surface area (Å²) in [5, 5.41) is 3.91. The second kappa shape index (κ2) is 6.44. The van der Waals surface area contributed by atoms with E-state index >= 15 is 0 Å². The van der Waals surface area contributed by atoms with E-state index in [2.05, 4.69) is 16.2 Å². The van der Waals surface area contributed by atoms with Gasteiger partial charge in [-0.2, -0.15) is 0 Å². The molecule has 0 aliphatic rings. The Kier molecular flexibility index (Phi) is 5.17. The van der Waals surface area contributed by atoms with E-state index in [0.717, 1.165) is 25.0 Å².